The maximum atomic E-state index is 12.2. The molecule has 2 aliphatic heterocycles. The molecule has 2 unspecified atom stereocenters. The average Bonchev–Trinajstić information content (AvgIpc) is 2.59. The van der Waals surface area contributed by atoms with E-state index in [1.165, 1.54) is 0 Å². The maximum Gasteiger partial charge on any atom is 0.318 e. The van der Waals surface area contributed by atoms with Gasteiger partial charge in [-0.05, 0) is 43.9 Å². The quantitative estimate of drug-likeness (QED) is 0.613. The van der Waals surface area contributed by atoms with Gasteiger partial charge < -0.3 is 20.1 Å². The first-order valence-corrected chi connectivity index (χ1v) is 8.55. The summed E-state index contributed by atoms with van der Waals surface area (Å²) in [6.45, 7) is 3.77. The average molecular weight is 360 g/mol. The Bertz CT molecular complexity index is 727. The zero-order valence-electron chi connectivity index (χ0n) is 14.6. The Kier molecular flexibility index (Phi) is 4.92. The number of nitrogens with one attached hydrogen (secondary N) is 2. The number of anilines is 2. The molecule has 8 heteroatoms. The van der Waals surface area contributed by atoms with Gasteiger partial charge in [0.25, 0.3) is 0 Å². The standard InChI is InChI=1S/C18H20N2O6/c1-3-25-17(23)11-6-9-5-10-7-12(18(24)26-4-2)16(22)20-14(10)8-13(9)19-15(11)21/h5,8,11-12H,3-4,6-7H2,1-2H3,(H,19,21)(H,20,22). The van der Waals surface area contributed by atoms with Gasteiger partial charge in [-0.25, -0.2) is 0 Å². The summed E-state index contributed by atoms with van der Waals surface area (Å²) in [6.07, 6.45) is 0.427. The summed E-state index contributed by atoms with van der Waals surface area (Å²) in [6, 6.07) is 3.46. The van der Waals surface area contributed by atoms with Gasteiger partial charge in [-0.2, -0.15) is 0 Å². The first-order chi connectivity index (χ1) is 12.4. The van der Waals surface area contributed by atoms with Gasteiger partial charge >= 0.3 is 11.9 Å². The lowest BCUT2D eigenvalue weighted by molar-refractivity contribution is -0.152. The number of carbonyl (C=O) groups is 4. The van der Waals surface area contributed by atoms with Crippen LogP contribution in [-0.2, 0) is 41.5 Å². The highest BCUT2D eigenvalue weighted by Crippen LogP contribution is 2.35. The van der Waals surface area contributed by atoms with Crippen LogP contribution in [-0.4, -0.2) is 37.0 Å². The minimum atomic E-state index is -0.903. The lowest BCUT2D eigenvalue weighted by atomic mass is 9.87. The third-order valence-electron chi connectivity index (χ3n) is 4.47. The number of ether oxygens (including phenoxy) is 2. The van der Waals surface area contributed by atoms with Crippen molar-refractivity contribution in [2.24, 2.45) is 11.8 Å². The fraction of sp³-hybridized carbons (Fsp3) is 0.444. The number of rotatable bonds is 4. The molecule has 138 valence electrons. The van der Waals surface area contributed by atoms with E-state index < -0.39 is 35.6 Å². The van der Waals surface area contributed by atoms with Crippen LogP contribution in [0.3, 0.4) is 0 Å². The molecular weight excluding hydrogens is 340 g/mol. The molecule has 2 heterocycles. The van der Waals surface area contributed by atoms with Crippen molar-refractivity contribution in [2.45, 2.75) is 26.7 Å². The Morgan fingerprint density at radius 1 is 0.885 bits per heavy atom. The Morgan fingerprint density at radius 2 is 1.31 bits per heavy atom. The lowest BCUT2D eigenvalue weighted by Crippen LogP contribution is -2.38. The molecule has 0 saturated heterocycles. The third kappa shape index (κ3) is 3.26. The summed E-state index contributed by atoms with van der Waals surface area (Å²) in [5, 5.41) is 5.37. The van der Waals surface area contributed by atoms with E-state index in [-0.39, 0.29) is 26.1 Å². The van der Waals surface area contributed by atoms with E-state index in [9.17, 15) is 19.2 Å². The Morgan fingerprint density at radius 3 is 1.69 bits per heavy atom. The van der Waals surface area contributed by atoms with Gasteiger partial charge in [0.15, 0.2) is 0 Å². The van der Waals surface area contributed by atoms with Gasteiger partial charge in [-0.3, -0.25) is 19.2 Å². The van der Waals surface area contributed by atoms with Crippen LogP contribution in [0.15, 0.2) is 12.1 Å². The first kappa shape index (κ1) is 17.9. The number of carbonyl (C=O) groups excluding carboxylic acids is 4. The fourth-order valence-corrected chi connectivity index (χ4v) is 3.20. The molecule has 2 N–H and O–H groups in total. The van der Waals surface area contributed by atoms with Crippen LogP contribution in [0.5, 0.6) is 0 Å². The van der Waals surface area contributed by atoms with E-state index in [1.54, 1.807) is 19.9 Å². The fourth-order valence-electron chi connectivity index (χ4n) is 3.20. The van der Waals surface area contributed by atoms with E-state index in [0.29, 0.717) is 11.4 Å². The van der Waals surface area contributed by atoms with Crippen molar-refractivity contribution in [1.82, 2.24) is 0 Å². The second-order valence-corrected chi connectivity index (χ2v) is 6.16. The molecule has 0 aliphatic carbocycles. The monoisotopic (exact) mass is 360 g/mol. The molecule has 2 atom stereocenters. The van der Waals surface area contributed by atoms with Crippen molar-refractivity contribution in [1.29, 1.82) is 0 Å². The minimum Gasteiger partial charge on any atom is -0.465 e. The Hall–Kier alpha value is -2.90. The molecule has 0 aromatic heterocycles. The molecule has 0 radical (unpaired) electrons. The second-order valence-electron chi connectivity index (χ2n) is 6.16. The molecule has 0 bridgehead atoms. The zero-order chi connectivity index (χ0) is 18.8. The number of benzene rings is 1. The number of hydrogen-bond donors (Lipinski definition) is 2. The molecule has 26 heavy (non-hydrogen) atoms. The van der Waals surface area contributed by atoms with Crippen LogP contribution in [0.1, 0.15) is 25.0 Å². The van der Waals surface area contributed by atoms with E-state index in [0.717, 1.165) is 11.1 Å². The van der Waals surface area contributed by atoms with Crippen molar-refractivity contribution in [3.63, 3.8) is 0 Å². The predicted octanol–water partition coefficient (Wildman–Crippen LogP) is 1.03. The van der Waals surface area contributed by atoms with Crippen molar-refractivity contribution in [3.8, 4) is 0 Å². The van der Waals surface area contributed by atoms with Crippen molar-refractivity contribution >= 4 is 35.1 Å². The van der Waals surface area contributed by atoms with Crippen LogP contribution < -0.4 is 10.6 Å². The van der Waals surface area contributed by atoms with Crippen molar-refractivity contribution < 1.29 is 28.7 Å². The highest BCUT2D eigenvalue weighted by Gasteiger charge is 2.37. The van der Waals surface area contributed by atoms with E-state index in [1.807, 2.05) is 6.07 Å². The van der Waals surface area contributed by atoms with Gasteiger partial charge in [0.2, 0.25) is 11.8 Å². The van der Waals surface area contributed by atoms with E-state index >= 15 is 0 Å². The second kappa shape index (κ2) is 7.15. The van der Waals surface area contributed by atoms with Crippen LogP contribution in [0, 0.1) is 11.8 Å². The molecule has 8 nitrogen and oxygen atoms in total. The largest absolute Gasteiger partial charge is 0.465 e. The van der Waals surface area contributed by atoms with Gasteiger partial charge in [0, 0.05) is 11.4 Å². The molecule has 0 saturated carbocycles. The van der Waals surface area contributed by atoms with E-state index in [2.05, 4.69) is 10.6 Å². The van der Waals surface area contributed by atoms with Crippen LogP contribution in [0.4, 0.5) is 11.4 Å². The molecule has 1 aromatic carbocycles. The normalized spacial score (nSPS) is 21.0. The highest BCUT2D eigenvalue weighted by molar-refractivity contribution is 6.09. The molecule has 2 aliphatic rings. The number of esters is 2. The summed E-state index contributed by atoms with van der Waals surface area (Å²) >= 11 is 0. The Balaban J connectivity index is 1.87. The first-order valence-electron chi connectivity index (χ1n) is 8.55. The maximum absolute atomic E-state index is 12.2. The topological polar surface area (TPSA) is 111 Å². The van der Waals surface area contributed by atoms with Crippen LogP contribution in [0.2, 0.25) is 0 Å². The molecule has 1 aromatic rings. The summed E-state index contributed by atoms with van der Waals surface area (Å²) in [7, 11) is 0. The highest BCUT2D eigenvalue weighted by atomic mass is 16.5. The number of amides is 2. The SMILES string of the molecule is CCOC(=O)C1Cc2cc3c(cc2NC1=O)NC(=O)C(C(=O)OCC)C3. The summed E-state index contributed by atoms with van der Waals surface area (Å²) in [4.78, 5) is 48.2. The Labute approximate surface area is 150 Å². The third-order valence-corrected chi connectivity index (χ3v) is 4.47. The number of fused-ring (bicyclic) bond motifs is 2. The molecule has 3 rings (SSSR count). The van der Waals surface area contributed by atoms with E-state index in [4.69, 9.17) is 9.47 Å². The summed E-state index contributed by atoms with van der Waals surface area (Å²) in [5.74, 6) is -3.79. The molecule has 0 spiro atoms. The van der Waals surface area contributed by atoms with Gasteiger partial charge in [-0.1, -0.05) is 6.07 Å². The number of hydrogen-bond acceptors (Lipinski definition) is 6. The summed E-state index contributed by atoms with van der Waals surface area (Å²) in [5.41, 5.74) is 2.62. The zero-order valence-corrected chi connectivity index (χ0v) is 14.6. The van der Waals surface area contributed by atoms with Crippen molar-refractivity contribution in [2.75, 3.05) is 23.8 Å². The van der Waals surface area contributed by atoms with Gasteiger partial charge in [0.1, 0.15) is 11.8 Å². The van der Waals surface area contributed by atoms with Crippen molar-refractivity contribution in [3.05, 3.63) is 23.3 Å². The lowest BCUT2D eigenvalue weighted by Gasteiger charge is -2.28. The summed E-state index contributed by atoms with van der Waals surface area (Å²) < 4.78 is 9.90. The van der Waals surface area contributed by atoms with Crippen LogP contribution >= 0.6 is 0 Å². The smallest absolute Gasteiger partial charge is 0.318 e. The predicted molar refractivity (Wildman–Crippen MR) is 91.4 cm³/mol. The molecule has 2 amide bonds. The minimum absolute atomic E-state index is 0.201. The molecule has 0 fully saturated rings. The van der Waals surface area contributed by atoms with Gasteiger partial charge in [-0.15, -0.1) is 0 Å². The van der Waals surface area contributed by atoms with Crippen LogP contribution in [0.25, 0.3) is 0 Å². The molecular formula is C18H20N2O6. The van der Waals surface area contributed by atoms with Gasteiger partial charge in [0.05, 0.1) is 13.2 Å².